The Kier molecular flexibility index (Phi) is 10.4. The number of carbonyl (C=O) groups is 2. The van der Waals surface area contributed by atoms with E-state index in [1.165, 1.54) is 24.3 Å². The highest BCUT2D eigenvalue weighted by atomic mass is 32.2. The van der Waals surface area contributed by atoms with Crippen LogP contribution in [0.2, 0.25) is 0 Å². The number of aryl methyl sites for hydroxylation is 2. The number of hydrogen-bond acceptors (Lipinski definition) is 6. The average Bonchev–Trinajstić information content (AvgIpc) is 2.97. The van der Waals surface area contributed by atoms with Gasteiger partial charge in [-0.3, -0.25) is 19.0 Å². The highest BCUT2D eigenvalue weighted by molar-refractivity contribution is 7.93. The predicted octanol–water partition coefficient (Wildman–Crippen LogP) is 6.04. The van der Waals surface area contributed by atoms with E-state index in [2.05, 4.69) is 20.1 Å². The molecule has 12 heteroatoms. The highest BCUT2D eigenvalue weighted by Gasteiger charge is 2.15. The Hall–Kier alpha value is -4.68. The molecule has 0 aliphatic carbocycles. The van der Waals surface area contributed by atoms with E-state index in [4.69, 9.17) is 0 Å². The summed E-state index contributed by atoms with van der Waals surface area (Å²) < 4.78 is 55.2. The van der Waals surface area contributed by atoms with Crippen molar-refractivity contribution < 1.29 is 26.4 Å². The first kappa shape index (κ1) is 32.2. The summed E-state index contributed by atoms with van der Waals surface area (Å²) in [5.74, 6) is -0.441. The van der Waals surface area contributed by atoms with Crippen LogP contribution in [0.15, 0.2) is 107 Å². The molecule has 0 atom stereocenters. The number of rotatable bonds is 13. The maximum absolute atomic E-state index is 12.6. The zero-order valence-corrected chi connectivity index (χ0v) is 26.0. The fraction of sp³-hybridized carbons (Fsp3) is 0.188. The number of unbranched alkanes of at least 4 members (excludes halogenated alkanes) is 1. The van der Waals surface area contributed by atoms with Gasteiger partial charge in [-0.05, 0) is 99.5 Å². The van der Waals surface area contributed by atoms with Gasteiger partial charge in [-0.2, -0.15) is 0 Å². The molecule has 0 aliphatic rings. The minimum absolute atomic E-state index is 0.159. The SMILES string of the molecule is Cc1ccc(S(=O)(=O)Nc2ccc(NC(=O)CCCCC(=O)Nc3ccc(NS(=O)(=O)c4ccc(C)cc4)cc3)cc2)cc1. The van der Waals surface area contributed by atoms with Crippen LogP contribution in [-0.2, 0) is 29.6 Å². The molecular formula is C32H34N4O6S2. The van der Waals surface area contributed by atoms with E-state index in [0.29, 0.717) is 35.6 Å². The molecule has 0 unspecified atom stereocenters. The molecule has 0 aromatic heterocycles. The number of hydrogen-bond donors (Lipinski definition) is 4. The Morgan fingerprint density at radius 1 is 0.477 bits per heavy atom. The Morgan fingerprint density at radius 2 is 0.773 bits per heavy atom. The van der Waals surface area contributed by atoms with Crippen molar-refractivity contribution in [2.75, 3.05) is 20.1 Å². The summed E-state index contributed by atoms with van der Waals surface area (Å²) in [7, 11) is -7.44. The van der Waals surface area contributed by atoms with E-state index in [1.807, 2.05) is 13.8 Å². The predicted molar refractivity (Wildman–Crippen MR) is 173 cm³/mol. The topological polar surface area (TPSA) is 151 Å². The number of amides is 2. The van der Waals surface area contributed by atoms with E-state index in [1.54, 1.807) is 72.8 Å². The first-order valence-electron chi connectivity index (χ1n) is 13.9. The van der Waals surface area contributed by atoms with Gasteiger partial charge in [0, 0.05) is 35.6 Å². The number of sulfonamides is 2. The lowest BCUT2D eigenvalue weighted by Crippen LogP contribution is -2.14. The van der Waals surface area contributed by atoms with Gasteiger partial charge in [0.15, 0.2) is 0 Å². The molecule has 4 N–H and O–H groups in total. The molecule has 0 radical (unpaired) electrons. The molecule has 0 heterocycles. The standard InChI is InChI=1S/C32H34N4O6S2/c1-23-7-19-29(20-8-23)43(39,40)35-27-15-11-25(12-16-27)33-31(37)5-3-4-6-32(38)34-26-13-17-28(18-14-26)36-44(41,42)30-21-9-24(2)10-22-30/h7-22,35-36H,3-6H2,1-2H3,(H,33,37)(H,34,38). The molecule has 4 rings (SSSR count). The molecule has 2 amide bonds. The molecule has 0 saturated carbocycles. The lowest BCUT2D eigenvalue weighted by Gasteiger charge is -2.10. The molecule has 0 fully saturated rings. The van der Waals surface area contributed by atoms with Gasteiger partial charge in [-0.15, -0.1) is 0 Å². The molecule has 0 saturated heterocycles. The van der Waals surface area contributed by atoms with Crippen molar-refractivity contribution in [1.29, 1.82) is 0 Å². The summed E-state index contributed by atoms with van der Waals surface area (Å²) >= 11 is 0. The number of nitrogens with one attached hydrogen (secondary N) is 4. The third-order valence-corrected chi connectivity index (χ3v) is 9.36. The fourth-order valence-corrected chi connectivity index (χ4v) is 6.24. The Morgan fingerprint density at radius 3 is 1.09 bits per heavy atom. The van der Waals surface area contributed by atoms with Crippen molar-refractivity contribution in [2.24, 2.45) is 0 Å². The number of anilines is 4. The molecule has 4 aromatic rings. The third kappa shape index (κ3) is 9.41. The monoisotopic (exact) mass is 634 g/mol. The number of carbonyl (C=O) groups excluding carboxylic acids is 2. The zero-order valence-electron chi connectivity index (χ0n) is 24.3. The molecule has 10 nitrogen and oxygen atoms in total. The van der Waals surface area contributed by atoms with Crippen molar-refractivity contribution in [3.05, 3.63) is 108 Å². The summed E-state index contributed by atoms with van der Waals surface area (Å²) in [5, 5.41) is 5.53. The van der Waals surface area contributed by atoms with Crippen molar-refractivity contribution in [2.45, 2.75) is 49.3 Å². The van der Waals surface area contributed by atoms with Gasteiger partial charge in [-0.1, -0.05) is 35.4 Å². The van der Waals surface area contributed by atoms with Crippen LogP contribution in [0.5, 0.6) is 0 Å². The van der Waals surface area contributed by atoms with Crippen molar-refractivity contribution in [3.63, 3.8) is 0 Å². The summed E-state index contributed by atoms with van der Waals surface area (Å²) in [6.45, 7) is 3.75. The number of benzene rings is 4. The van der Waals surface area contributed by atoms with Crippen LogP contribution in [0.3, 0.4) is 0 Å². The largest absolute Gasteiger partial charge is 0.326 e. The summed E-state index contributed by atoms with van der Waals surface area (Å²) in [6.07, 6.45) is 1.41. The smallest absolute Gasteiger partial charge is 0.261 e. The van der Waals surface area contributed by atoms with Crippen molar-refractivity contribution in [1.82, 2.24) is 0 Å². The second-order valence-corrected chi connectivity index (χ2v) is 13.7. The second-order valence-electron chi connectivity index (χ2n) is 10.3. The van der Waals surface area contributed by atoms with Crippen LogP contribution in [-0.4, -0.2) is 28.6 Å². The van der Waals surface area contributed by atoms with Crippen LogP contribution in [0.1, 0.15) is 36.8 Å². The molecule has 0 bridgehead atoms. The highest BCUT2D eigenvalue weighted by Crippen LogP contribution is 2.21. The maximum atomic E-state index is 12.6. The molecule has 0 spiro atoms. The van der Waals surface area contributed by atoms with Crippen molar-refractivity contribution in [3.8, 4) is 0 Å². The van der Waals surface area contributed by atoms with Crippen molar-refractivity contribution >= 4 is 54.6 Å². The van der Waals surface area contributed by atoms with Gasteiger partial charge in [0.25, 0.3) is 20.0 Å². The van der Waals surface area contributed by atoms with Gasteiger partial charge in [-0.25, -0.2) is 16.8 Å². The summed E-state index contributed by atoms with van der Waals surface area (Å²) in [5.41, 5.74) is 3.70. The van der Waals surface area contributed by atoms with Crippen LogP contribution < -0.4 is 20.1 Å². The van der Waals surface area contributed by atoms with Gasteiger partial charge in [0.1, 0.15) is 0 Å². The average molecular weight is 635 g/mol. The van der Waals surface area contributed by atoms with E-state index in [0.717, 1.165) is 11.1 Å². The van der Waals surface area contributed by atoms with Crippen LogP contribution in [0, 0.1) is 13.8 Å². The fourth-order valence-electron chi connectivity index (χ4n) is 4.12. The lowest BCUT2D eigenvalue weighted by molar-refractivity contribution is -0.118. The van der Waals surface area contributed by atoms with Crippen LogP contribution in [0.4, 0.5) is 22.7 Å². The lowest BCUT2D eigenvalue weighted by atomic mass is 10.1. The van der Waals surface area contributed by atoms with E-state index in [9.17, 15) is 26.4 Å². The van der Waals surface area contributed by atoms with Gasteiger partial charge < -0.3 is 10.6 Å². The Balaban J connectivity index is 1.16. The first-order valence-corrected chi connectivity index (χ1v) is 16.9. The maximum Gasteiger partial charge on any atom is 0.261 e. The molecule has 44 heavy (non-hydrogen) atoms. The quantitative estimate of drug-likeness (QED) is 0.132. The van der Waals surface area contributed by atoms with Crippen LogP contribution in [0.25, 0.3) is 0 Å². The summed E-state index contributed by atoms with van der Waals surface area (Å²) in [4.78, 5) is 25.0. The molecule has 230 valence electrons. The third-order valence-electron chi connectivity index (χ3n) is 6.56. The van der Waals surface area contributed by atoms with Gasteiger partial charge in [0.05, 0.1) is 9.79 Å². The van der Waals surface area contributed by atoms with Crippen LogP contribution >= 0.6 is 0 Å². The second kappa shape index (κ2) is 14.2. The normalized spacial score (nSPS) is 11.4. The van der Waals surface area contributed by atoms with Gasteiger partial charge in [0.2, 0.25) is 11.8 Å². The minimum atomic E-state index is -3.72. The van der Waals surface area contributed by atoms with E-state index in [-0.39, 0.29) is 34.4 Å². The molecule has 4 aromatic carbocycles. The van der Waals surface area contributed by atoms with E-state index < -0.39 is 20.0 Å². The Labute approximate surface area is 258 Å². The first-order chi connectivity index (χ1) is 20.9. The minimum Gasteiger partial charge on any atom is -0.326 e. The summed E-state index contributed by atoms with van der Waals surface area (Å²) in [6, 6.07) is 25.7. The zero-order chi connectivity index (χ0) is 31.7. The molecular weight excluding hydrogens is 601 g/mol. The Bertz CT molecular complexity index is 1670. The molecule has 0 aliphatic heterocycles. The van der Waals surface area contributed by atoms with E-state index >= 15 is 0 Å². The van der Waals surface area contributed by atoms with Gasteiger partial charge >= 0.3 is 0 Å².